The second-order valence-corrected chi connectivity index (χ2v) is 4.47. The molecular weight excluding hydrogens is 226 g/mol. The molecule has 2 aromatic rings. The molecule has 0 saturated heterocycles. The molecule has 0 aromatic carbocycles. The predicted octanol–water partition coefficient (Wildman–Crippen LogP) is 2.12. The third-order valence-electron chi connectivity index (χ3n) is 3.00. The second-order valence-electron chi connectivity index (χ2n) is 4.47. The topological polar surface area (TPSA) is 47.7 Å². The van der Waals surface area contributed by atoms with Crippen molar-refractivity contribution in [2.75, 3.05) is 5.32 Å². The van der Waals surface area contributed by atoms with Gasteiger partial charge in [0, 0.05) is 38.1 Å². The molecule has 0 amide bonds. The van der Waals surface area contributed by atoms with Gasteiger partial charge in [-0.1, -0.05) is 6.92 Å². The summed E-state index contributed by atoms with van der Waals surface area (Å²) in [5.74, 6) is 0.931. The molecule has 1 N–H and O–H groups in total. The number of nitrogens with one attached hydrogen (secondary N) is 1. The zero-order chi connectivity index (χ0) is 13.1. The van der Waals surface area contributed by atoms with Crippen molar-refractivity contribution < 1.29 is 0 Å². The van der Waals surface area contributed by atoms with E-state index in [4.69, 9.17) is 0 Å². The number of rotatable bonds is 5. The lowest BCUT2D eigenvalue weighted by Crippen LogP contribution is -2.07. The molecule has 0 spiro atoms. The van der Waals surface area contributed by atoms with Crippen LogP contribution in [-0.4, -0.2) is 19.3 Å². The number of hydrogen-bond acceptors (Lipinski definition) is 3. The Bertz CT molecular complexity index is 475. The third kappa shape index (κ3) is 2.55. The van der Waals surface area contributed by atoms with Crippen LogP contribution in [0.4, 0.5) is 5.95 Å². The van der Waals surface area contributed by atoms with Gasteiger partial charge in [0.1, 0.15) is 0 Å². The van der Waals surface area contributed by atoms with Crippen LogP contribution < -0.4 is 5.32 Å². The minimum absolute atomic E-state index is 0.771. The van der Waals surface area contributed by atoms with Crippen LogP contribution in [0.2, 0.25) is 0 Å². The lowest BCUT2D eigenvalue weighted by atomic mass is 10.2. The molecule has 98 valence electrons. The minimum atomic E-state index is 0.771. The fraction of sp³-hybridized carbons (Fsp3) is 0.538. The van der Waals surface area contributed by atoms with E-state index in [2.05, 4.69) is 46.2 Å². The lowest BCUT2D eigenvalue weighted by Gasteiger charge is -2.07. The first-order valence-corrected chi connectivity index (χ1v) is 6.43. The van der Waals surface area contributed by atoms with Crippen LogP contribution in [0.1, 0.15) is 30.8 Å². The Balaban J connectivity index is 2.10. The largest absolute Gasteiger partial charge is 0.351 e. The molecule has 5 nitrogen and oxygen atoms in total. The van der Waals surface area contributed by atoms with Gasteiger partial charge >= 0.3 is 0 Å². The first-order chi connectivity index (χ1) is 8.63. The highest BCUT2D eigenvalue weighted by Gasteiger charge is 2.08. The van der Waals surface area contributed by atoms with E-state index in [0.29, 0.717) is 0 Å². The summed E-state index contributed by atoms with van der Waals surface area (Å²) in [4.78, 5) is 4.48. The monoisotopic (exact) mass is 247 g/mol. The quantitative estimate of drug-likeness (QED) is 0.880. The van der Waals surface area contributed by atoms with Gasteiger partial charge in [0.2, 0.25) is 5.95 Å². The van der Waals surface area contributed by atoms with Gasteiger partial charge in [0.05, 0.1) is 11.4 Å². The van der Waals surface area contributed by atoms with E-state index < -0.39 is 0 Å². The van der Waals surface area contributed by atoms with Crippen molar-refractivity contribution in [1.29, 1.82) is 0 Å². The van der Waals surface area contributed by atoms with Gasteiger partial charge in [-0.15, -0.1) is 0 Å². The minimum Gasteiger partial charge on any atom is -0.351 e. The van der Waals surface area contributed by atoms with Crippen LogP contribution in [-0.2, 0) is 26.6 Å². The Kier molecular flexibility index (Phi) is 3.69. The van der Waals surface area contributed by atoms with Gasteiger partial charge in [0.15, 0.2) is 0 Å². The maximum atomic E-state index is 4.48. The molecule has 2 aromatic heterocycles. The van der Waals surface area contributed by atoms with Crippen molar-refractivity contribution in [2.45, 2.75) is 40.3 Å². The Hall–Kier alpha value is -1.78. The van der Waals surface area contributed by atoms with Gasteiger partial charge in [-0.25, -0.2) is 4.98 Å². The van der Waals surface area contributed by atoms with E-state index in [1.54, 1.807) is 0 Å². The molecule has 2 rings (SSSR count). The standard InChI is InChI=1S/C13H21N5/c1-5-12-11(9-17(4)16-12)7-14-13-15-10(3)8-18(13)6-2/h8-9H,5-7H2,1-4H3,(H,14,15). The Morgan fingerprint density at radius 1 is 1.28 bits per heavy atom. The first kappa shape index (κ1) is 12.7. The number of imidazole rings is 1. The second kappa shape index (κ2) is 5.25. The maximum Gasteiger partial charge on any atom is 0.203 e. The first-order valence-electron chi connectivity index (χ1n) is 6.43. The smallest absolute Gasteiger partial charge is 0.203 e. The number of anilines is 1. The van der Waals surface area contributed by atoms with E-state index in [0.717, 1.165) is 36.8 Å². The summed E-state index contributed by atoms with van der Waals surface area (Å²) < 4.78 is 3.99. The highest BCUT2D eigenvalue weighted by Crippen LogP contribution is 2.12. The Morgan fingerprint density at radius 3 is 2.72 bits per heavy atom. The van der Waals surface area contributed by atoms with Crippen LogP contribution in [0.5, 0.6) is 0 Å². The number of nitrogens with zero attached hydrogens (tertiary/aromatic N) is 4. The summed E-state index contributed by atoms with van der Waals surface area (Å²) in [5.41, 5.74) is 3.43. The van der Waals surface area contributed by atoms with Crippen LogP contribution in [0.15, 0.2) is 12.4 Å². The zero-order valence-corrected chi connectivity index (χ0v) is 11.6. The molecular formula is C13H21N5. The number of aryl methyl sites for hydroxylation is 4. The molecule has 0 unspecified atom stereocenters. The average molecular weight is 247 g/mol. The highest BCUT2D eigenvalue weighted by molar-refractivity contribution is 5.31. The summed E-state index contributed by atoms with van der Waals surface area (Å²) >= 11 is 0. The normalized spacial score (nSPS) is 10.9. The average Bonchev–Trinajstić information content (AvgIpc) is 2.89. The molecule has 0 saturated carbocycles. The highest BCUT2D eigenvalue weighted by atomic mass is 15.3. The van der Waals surface area contributed by atoms with Crippen molar-refractivity contribution in [2.24, 2.45) is 7.05 Å². The molecule has 0 bridgehead atoms. The third-order valence-corrected chi connectivity index (χ3v) is 3.00. The lowest BCUT2D eigenvalue weighted by molar-refractivity contribution is 0.746. The fourth-order valence-corrected chi connectivity index (χ4v) is 2.13. The molecule has 5 heteroatoms. The van der Waals surface area contributed by atoms with E-state index in [-0.39, 0.29) is 0 Å². The molecule has 0 fully saturated rings. The Morgan fingerprint density at radius 2 is 2.06 bits per heavy atom. The van der Waals surface area contributed by atoms with E-state index >= 15 is 0 Å². The molecule has 0 aliphatic heterocycles. The molecule has 18 heavy (non-hydrogen) atoms. The summed E-state index contributed by atoms with van der Waals surface area (Å²) in [6.07, 6.45) is 5.09. The van der Waals surface area contributed by atoms with Gasteiger partial charge in [-0.3, -0.25) is 4.68 Å². The maximum absolute atomic E-state index is 4.48. The van der Waals surface area contributed by atoms with Gasteiger partial charge < -0.3 is 9.88 Å². The zero-order valence-electron chi connectivity index (χ0n) is 11.6. The van der Waals surface area contributed by atoms with Crippen molar-refractivity contribution in [3.05, 3.63) is 29.3 Å². The fourth-order valence-electron chi connectivity index (χ4n) is 2.13. The van der Waals surface area contributed by atoms with Crippen molar-refractivity contribution in [3.63, 3.8) is 0 Å². The molecule has 0 radical (unpaired) electrons. The Labute approximate surface area is 108 Å². The number of aromatic nitrogens is 4. The van der Waals surface area contributed by atoms with Gasteiger partial charge in [-0.05, 0) is 20.3 Å². The van der Waals surface area contributed by atoms with E-state index in [9.17, 15) is 0 Å². The molecule has 2 heterocycles. The van der Waals surface area contributed by atoms with Crippen LogP contribution in [0, 0.1) is 6.92 Å². The molecule has 0 atom stereocenters. The van der Waals surface area contributed by atoms with Crippen LogP contribution in [0.25, 0.3) is 0 Å². The van der Waals surface area contributed by atoms with Crippen LogP contribution >= 0.6 is 0 Å². The van der Waals surface area contributed by atoms with E-state index in [1.807, 2.05) is 18.7 Å². The van der Waals surface area contributed by atoms with Crippen molar-refractivity contribution in [3.8, 4) is 0 Å². The summed E-state index contributed by atoms with van der Waals surface area (Å²) in [5, 5.41) is 7.83. The summed E-state index contributed by atoms with van der Waals surface area (Å²) in [7, 11) is 1.96. The van der Waals surface area contributed by atoms with Crippen molar-refractivity contribution in [1.82, 2.24) is 19.3 Å². The van der Waals surface area contributed by atoms with Gasteiger partial charge in [-0.2, -0.15) is 5.10 Å². The summed E-state index contributed by atoms with van der Waals surface area (Å²) in [6, 6.07) is 0. The summed E-state index contributed by atoms with van der Waals surface area (Å²) in [6.45, 7) is 7.96. The SMILES string of the molecule is CCc1nn(C)cc1CNc1nc(C)cn1CC. The van der Waals surface area contributed by atoms with Crippen molar-refractivity contribution >= 4 is 5.95 Å². The van der Waals surface area contributed by atoms with Gasteiger partial charge in [0.25, 0.3) is 0 Å². The molecule has 0 aliphatic rings. The predicted molar refractivity (Wildman–Crippen MR) is 72.6 cm³/mol. The number of hydrogen-bond donors (Lipinski definition) is 1. The molecule has 0 aliphatic carbocycles. The van der Waals surface area contributed by atoms with Crippen LogP contribution in [0.3, 0.4) is 0 Å². The van der Waals surface area contributed by atoms with E-state index in [1.165, 1.54) is 5.56 Å².